The summed E-state index contributed by atoms with van der Waals surface area (Å²) in [7, 11) is 1.37. The molecule has 0 spiro atoms. The number of rotatable bonds is 4. The highest BCUT2D eigenvalue weighted by Crippen LogP contribution is 2.47. The molecule has 7 heteroatoms. The molecule has 3 aromatic rings. The Kier molecular flexibility index (Phi) is 6.00. The topological polar surface area (TPSA) is 41.9 Å². The van der Waals surface area contributed by atoms with Gasteiger partial charge in [0.15, 0.2) is 0 Å². The molecule has 0 aromatic heterocycles. The number of methoxy groups -OCH3 is 1. The predicted molar refractivity (Wildman–Crippen MR) is 122 cm³/mol. The van der Waals surface area contributed by atoms with E-state index in [0.717, 1.165) is 11.1 Å². The molecule has 0 amide bonds. The first kappa shape index (κ1) is 20.7. The van der Waals surface area contributed by atoms with Crippen molar-refractivity contribution in [2.45, 2.75) is 6.04 Å². The molecule has 4 rings (SSSR count). The highest BCUT2D eigenvalue weighted by atomic mass is 35.5. The number of hydrogen-bond acceptors (Lipinski definition) is 4. The SMILES string of the molecule is COC(=O)[C@H]1C(c2ccccc2)=NN(c2c(Cl)cc(Cl)cc2Cl)[C@@H]1c1ccccc1. The molecule has 3 aromatic carbocycles. The van der Waals surface area contributed by atoms with Crippen LogP contribution in [0.2, 0.25) is 15.1 Å². The van der Waals surface area contributed by atoms with Gasteiger partial charge in [0.25, 0.3) is 0 Å². The van der Waals surface area contributed by atoms with E-state index in [1.807, 2.05) is 60.7 Å². The van der Waals surface area contributed by atoms with E-state index in [2.05, 4.69) is 0 Å². The van der Waals surface area contributed by atoms with Crippen LogP contribution < -0.4 is 5.01 Å². The van der Waals surface area contributed by atoms with Gasteiger partial charge in [0.1, 0.15) is 5.92 Å². The Morgan fingerprint density at radius 2 is 1.50 bits per heavy atom. The van der Waals surface area contributed by atoms with Crippen LogP contribution in [0, 0.1) is 5.92 Å². The molecular weight excluding hydrogens is 443 g/mol. The Balaban J connectivity index is 1.96. The second-order valence-electron chi connectivity index (χ2n) is 6.77. The average Bonchev–Trinajstić information content (AvgIpc) is 3.14. The molecule has 0 unspecified atom stereocenters. The monoisotopic (exact) mass is 458 g/mol. The minimum absolute atomic E-state index is 0.343. The summed E-state index contributed by atoms with van der Waals surface area (Å²) in [6, 6.07) is 21.9. The Labute approximate surface area is 189 Å². The fourth-order valence-corrected chi connectivity index (χ4v) is 4.66. The highest BCUT2D eigenvalue weighted by molar-refractivity contribution is 6.42. The van der Waals surface area contributed by atoms with Crippen LogP contribution in [0.3, 0.4) is 0 Å². The van der Waals surface area contributed by atoms with Crippen LogP contribution in [-0.4, -0.2) is 18.8 Å². The van der Waals surface area contributed by atoms with E-state index in [-0.39, 0.29) is 0 Å². The summed E-state index contributed by atoms with van der Waals surface area (Å²) >= 11 is 19.2. The molecule has 1 aliphatic rings. The number of halogens is 3. The molecular formula is C23H17Cl3N2O2. The Bertz CT molecular complexity index is 1080. The third kappa shape index (κ3) is 3.79. The van der Waals surface area contributed by atoms with E-state index in [4.69, 9.17) is 44.6 Å². The molecule has 4 nitrogen and oxygen atoms in total. The Hall–Kier alpha value is -2.53. The summed E-state index contributed by atoms with van der Waals surface area (Å²) in [6.07, 6.45) is 0. The maximum atomic E-state index is 13.0. The zero-order chi connectivity index (χ0) is 21.3. The molecule has 0 N–H and O–H groups in total. The first-order valence-electron chi connectivity index (χ1n) is 9.21. The van der Waals surface area contributed by atoms with Gasteiger partial charge in [0.2, 0.25) is 0 Å². The van der Waals surface area contributed by atoms with Crippen molar-refractivity contribution in [3.05, 3.63) is 99.0 Å². The quantitative estimate of drug-likeness (QED) is 0.424. The molecule has 0 saturated heterocycles. The van der Waals surface area contributed by atoms with E-state index >= 15 is 0 Å². The minimum Gasteiger partial charge on any atom is -0.468 e. The summed E-state index contributed by atoms with van der Waals surface area (Å²) in [6.45, 7) is 0. The number of carbonyl (C=O) groups excluding carboxylic acids is 1. The van der Waals surface area contributed by atoms with Crippen LogP contribution in [0.1, 0.15) is 17.2 Å². The standard InChI is InChI=1S/C23H17Cl3N2O2/c1-30-23(29)19-20(14-8-4-2-5-9-14)27-28(21(19)15-10-6-3-7-11-15)22-17(25)12-16(24)13-18(22)26/h2-13,19,21H,1H3/t19-,21+/m0/s1. The van der Waals surface area contributed by atoms with Gasteiger partial charge < -0.3 is 4.74 Å². The van der Waals surface area contributed by atoms with Crippen molar-refractivity contribution in [2.75, 3.05) is 12.1 Å². The summed E-state index contributed by atoms with van der Waals surface area (Å²) in [5.41, 5.74) is 2.76. The van der Waals surface area contributed by atoms with Crippen molar-refractivity contribution >= 4 is 52.2 Å². The molecule has 0 fully saturated rings. The van der Waals surface area contributed by atoms with E-state index < -0.39 is 17.9 Å². The lowest BCUT2D eigenvalue weighted by atomic mass is 9.87. The molecule has 0 aliphatic carbocycles. The smallest absolute Gasteiger partial charge is 0.317 e. The van der Waals surface area contributed by atoms with Gasteiger partial charge in [-0.2, -0.15) is 5.10 Å². The summed E-state index contributed by atoms with van der Waals surface area (Å²) in [4.78, 5) is 13.0. The van der Waals surface area contributed by atoms with Crippen LogP contribution in [0.5, 0.6) is 0 Å². The predicted octanol–water partition coefficient (Wildman–Crippen LogP) is 6.40. The van der Waals surface area contributed by atoms with Crippen LogP contribution >= 0.6 is 34.8 Å². The van der Waals surface area contributed by atoms with Gasteiger partial charge in [-0.3, -0.25) is 9.80 Å². The number of anilines is 1. The van der Waals surface area contributed by atoms with E-state index in [9.17, 15) is 4.79 Å². The molecule has 2 atom stereocenters. The molecule has 0 radical (unpaired) electrons. The molecule has 152 valence electrons. The number of nitrogens with zero attached hydrogens (tertiary/aromatic N) is 2. The number of carbonyl (C=O) groups is 1. The van der Waals surface area contributed by atoms with E-state index in [1.54, 1.807) is 17.1 Å². The normalized spacial score (nSPS) is 18.3. The van der Waals surface area contributed by atoms with Gasteiger partial charge in [0.05, 0.1) is 34.6 Å². The fraction of sp³-hybridized carbons (Fsp3) is 0.130. The van der Waals surface area contributed by atoms with Crippen molar-refractivity contribution in [1.29, 1.82) is 0 Å². The van der Waals surface area contributed by atoms with Gasteiger partial charge in [-0.15, -0.1) is 0 Å². The van der Waals surface area contributed by atoms with Gasteiger partial charge in [0, 0.05) is 5.02 Å². The first-order valence-corrected chi connectivity index (χ1v) is 10.3. The number of ether oxygens (including phenoxy) is 1. The lowest BCUT2D eigenvalue weighted by Gasteiger charge is -2.28. The molecule has 30 heavy (non-hydrogen) atoms. The second-order valence-corrected chi connectivity index (χ2v) is 8.02. The van der Waals surface area contributed by atoms with Crippen molar-refractivity contribution in [2.24, 2.45) is 11.0 Å². The maximum absolute atomic E-state index is 13.0. The van der Waals surface area contributed by atoms with Crippen molar-refractivity contribution in [3.63, 3.8) is 0 Å². The molecule has 0 saturated carbocycles. The van der Waals surface area contributed by atoms with Gasteiger partial charge in [-0.25, -0.2) is 0 Å². The highest BCUT2D eigenvalue weighted by Gasteiger charge is 2.45. The molecule has 1 aliphatic heterocycles. The van der Waals surface area contributed by atoms with E-state index in [0.29, 0.717) is 26.5 Å². The second kappa shape index (κ2) is 8.68. The third-order valence-corrected chi connectivity index (χ3v) is 5.76. The Morgan fingerprint density at radius 1 is 0.933 bits per heavy atom. The minimum atomic E-state index is -0.678. The number of hydrogen-bond donors (Lipinski definition) is 0. The number of hydrazone groups is 1. The zero-order valence-electron chi connectivity index (χ0n) is 15.9. The van der Waals surface area contributed by atoms with Gasteiger partial charge >= 0.3 is 5.97 Å². The van der Waals surface area contributed by atoms with Crippen molar-refractivity contribution in [3.8, 4) is 0 Å². The van der Waals surface area contributed by atoms with Crippen molar-refractivity contribution in [1.82, 2.24) is 0 Å². The zero-order valence-corrected chi connectivity index (χ0v) is 18.2. The maximum Gasteiger partial charge on any atom is 0.317 e. The van der Waals surface area contributed by atoms with Crippen LogP contribution in [-0.2, 0) is 9.53 Å². The molecule has 1 heterocycles. The summed E-state index contributed by atoms with van der Waals surface area (Å²) < 4.78 is 5.17. The first-order chi connectivity index (χ1) is 14.5. The van der Waals surface area contributed by atoms with Gasteiger partial charge in [-0.1, -0.05) is 95.5 Å². The largest absolute Gasteiger partial charge is 0.468 e. The summed E-state index contributed by atoms with van der Waals surface area (Å²) in [5, 5.41) is 7.62. The fourth-order valence-electron chi connectivity index (χ4n) is 3.67. The van der Waals surface area contributed by atoms with Crippen LogP contribution in [0.15, 0.2) is 77.9 Å². The van der Waals surface area contributed by atoms with E-state index in [1.165, 1.54) is 7.11 Å². The lowest BCUT2D eigenvalue weighted by Crippen LogP contribution is -2.32. The van der Waals surface area contributed by atoms with Crippen LogP contribution in [0.4, 0.5) is 5.69 Å². The third-order valence-electron chi connectivity index (χ3n) is 4.97. The van der Waals surface area contributed by atoms with Crippen molar-refractivity contribution < 1.29 is 9.53 Å². The number of benzene rings is 3. The summed E-state index contributed by atoms with van der Waals surface area (Å²) in [5.74, 6) is -1.07. The Morgan fingerprint density at radius 3 is 2.07 bits per heavy atom. The lowest BCUT2D eigenvalue weighted by molar-refractivity contribution is -0.143. The number of esters is 1. The van der Waals surface area contributed by atoms with Crippen LogP contribution in [0.25, 0.3) is 0 Å². The van der Waals surface area contributed by atoms with Gasteiger partial charge in [-0.05, 0) is 23.3 Å². The average molecular weight is 460 g/mol. The molecule has 0 bridgehead atoms.